The first-order valence-electron chi connectivity index (χ1n) is 9.12. The van der Waals surface area contributed by atoms with Crippen molar-refractivity contribution in [3.8, 4) is 0 Å². The predicted molar refractivity (Wildman–Crippen MR) is 107 cm³/mol. The maximum absolute atomic E-state index is 12.9. The van der Waals surface area contributed by atoms with Crippen molar-refractivity contribution in [1.82, 2.24) is 4.98 Å². The first kappa shape index (κ1) is 17.9. The van der Waals surface area contributed by atoms with E-state index in [2.05, 4.69) is 16.4 Å². The average Bonchev–Trinajstić information content (AvgIpc) is 2.73. The van der Waals surface area contributed by atoms with Gasteiger partial charge in [0.2, 0.25) is 0 Å². The van der Waals surface area contributed by atoms with Gasteiger partial charge in [0.05, 0.1) is 15.7 Å². The molecule has 1 N–H and O–H groups in total. The molecule has 27 heavy (non-hydrogen) atoms. The minimum absolute atomic E-state index is 0.355. The van der Waals surface area contributed by atoms with Crippen molar-refractivity contribution in [1.29, 1.82) is 0 Å². The summed E-state index contributed by atoms with van der Waals surface area (Å²) < 4.78 is 31.0. The van der Waals surface area contributed by atoms with E-state index in [4.69, 9.17) is 4.74 Å². The second-order valence-corrected chi connectivity index (χ2v) is 9.00. The molecule has 2 heterocycles. The van der Waals surface area contributed by atoms with Crippen molar-refractivity contribution >= 4 is 26.4 Å². The third-order valence-corrected chi connectivity index (χ3v) is 7.17. The van der Waals surface area contributed by atoms with E-state index in [1.165, 1.54) is 0 Å². The fourth-order valence-electron chi connectivity index (χ4n) is 3.38. The van der Waals surface area contributed by atoms with Gasteiger partial charge in [0, 0.05) is 37.0 Å². The molecule has 1 saturated heterocycles. The Labute approximate surface area is 159 Å². The van der Waals surface area contributed by atoms with E-state index in [0.717, 1.165) is 22.2 Å². The van der Waals surface area contributed by atoms with Crippen LogP contribution in [0.5, 0.6) is 0 Å². The van der Waals surface area contributed by atoms with Crippen LogP contribution in [-0.2, 0) is 21.1 Å². The van der Waals surface area contributed by atoms with Crippen LogP contribution in [0.1, 0.15) is 18.4 Å². The van der Waals surface area contributed by atoms with E-state index >= 15 is 0 Å². The predicted octanol–water partition coefficient (Wildman–Crippen LogP) is 3.80. The molecular weight excluding hydrogens is 360 g/mol. The van der Waals surface area contributed by atoms with E-state index in [0.29, 0.717) is 37.5 Å². The summed E-state index contributed by atoms with van der Waals surface area (Å²) in [6.45, 7) is 1.60. The van der Waals surface area contributed by atoms with E-state index in [-0.39, 0.29) is 5.25 Å². The van der Waals surface area contributed by atoms with Crippen LogP contribution in [0.2, 0.25) is 0 Å². The Kier molecular flexibility index (Phi) is 5.09. The smallest absolute Gasteiger partial charge is 0.181 e. The highest BCUT2D eigenvalue weighted by Crippen LogP contribution is 2.25. The highest BCUT2D eigenvalue weighted by molar-refractivity contribution is 7.92. The fourth-order valence-corrected chi connectivity index (χ4v) is 5.14. The van der Waals surface area contributed by atoms with Crippen molar-refractivity contribution in [2.45, 2.75) is 29.5 Å². The number of nitrogens with zero attached hydrogens (tertiary/aromatic N) is 1. The van der Waals surface area contributed by atoms with Crippen molar-refractivity contribution < 1.29 is 13.2 Å². The monoisotopic (exact) mass is 382 g/mol. The number of ether oxygens (including phenoxy) is 1. The quantitative estimate of drug-likeness (QED) is 0.727. The largest absolute Gasteiger partial charge is 0.381 e. The molecule has 4 rings (SSSR count). The molecule has 2 aromatic carbocycles. The van der Waals surface area contributed by atoms with Crippen LogP contribution in [0.4, 0.5) is 5.69 Å². The molecule has 0 bridgehead atoms. The van der Waals surface area contributed by atoms with E-state index in [1.807, 2.05) is 36.5 Å². The molecule has 1 aliphatic heterocycles. The van der Waals surface area contributed by atoms with Crippen molar-refractivity contribution in [3.63, 3.8) is 0 Å². The third-order valence-electron chi connectivity index (χ3n) is 4.91. The Morgan fingerprint density at radius 2 is 1.85 bits per heavy atom. The van der Waals surface area contributed by atoms with E-state index in [1.54, 1.807) is 18.2 Å². The standard InChI is InChI=1S/C21H22N2O3S/c24-27(25,19-8-10-26-11-9-19)20-6-3-5-18(13-20)22-14-16-12-17-4-1-2-7-21(17)23-15-16/h1-7,12-13,15,19,22H,8-11,14H2. The highest BCUT2D eigenvalue weighted by atomic mass is 32.2. The number of sulfone groups is 1. The Morgan fingerprint density at radius 1 is 1.04 bits per heavy atom. The molecule has 1 aromatic heterocycles. The van der Waals surface area contributed by atoms with Crippen molar-refractivity contribution in [3.05, 3.63) is 66.4 Å². The summed E-state index contributed by atoms with van der Waals surface area (Å²) in [4.78, 5) is 4.84. The highest BCUT2D eigenvalue weighted by Gasteiger charge is 2.29. The van der Waals surface area contributed by atoms with Gasteiger partial charge >= 0.3 is 0 Å². The number of hydrogen-bond acceptors (Lipinski definition) is 5. The maximum atomic E-state index is 12.9. The van der Waals surface area contributed by atoms with Crippen molar-refractivity contribution in [2.75, 3.05) is 18.5 Å². The molecular formula is C21H22N2O3S. The first-order chi connectivity index (χ1) is 13.1. The second kappa shape index (κ2) is 7.66. The van der Waals surface area contributed by atoms with Crippen LogP contribution in [0.25, 0.3) is 10.9 Å². The molecule has 0 amide bonds. The Hall–Kier alpha value is -2.44. The topological polar surface area (TPSA) is 68.3 Å². The number of aromatic nitrogens is 1. The Bertz CT molecular complexity index is 1040. The number of nitrogens with one attached hydrogen (secondary N) is 1. The number of pyridine rings is 1. The molecule has 0 saturated carbocycles. The lowest BCUT2D eigenvalue weighted by Gasteiger charge is -2.22. The molecule has 0 aliphatic carbocycles. The summed E-state index contributed by atoms with van der Waals surface area (Å²) in [6, 6.07) is 17.1. The van der Waals surface area contributed by atoms with Crippen molar-refractivity contribution in [2.24, 2.45) is 0 Å². The minimum Gasteiger partial charge on any atom is -0.381 e. The van der Waals surface area contributed by atoms with Gasteiger partial charge in [-0.3, -0.25) is 4.98 Å². The van der Waals surface area contributed by atoms with Crippen LogP contribution in [0.3, 0.4) is 0 Å². The van der Waals surface area contributed by atoms with Gasteiger partial charge in [0.1, 0.15) is 0 Å². The number of fused-ring (bicyclic) bond motifs is 1. The lowest BCUT2D eigenvalue weighted by molar-refractivity contribution is 0.0983. The van der Waals surface area contributed by atoms with Crippen LogP contribution in [0.15, 0.2) is 65.7 Å². The lowest BCUT2D eigenvalue weighted by Crippen LogP contribution is -2.29. The molecule has 5 nitrogen and oxygen atoms in total. The molecule has 6 heteroatoms. The number of anilines is 1. The van der Waals surface area contributed by atoms with E-state index < -0.39 is 9.84 Å². The zero-order valence-corrected chi connectivity index (χ0v) is 15.8. The average molecular weight is 382 g/mol. The lowest BCUT2D eigenvalue weighted by atomic mass is 10.1. The molecule has 1 fully saturated rings. The van der Waals surface area contributed by atoms with Crippen LogP contribution in [0, 0.1) is 0 Å². The van der Waals surface area contributed by atoms with Crippen LogP contribution < -0.4 is 5.32 Å². The second-order valence-electron chi connectivity index (χ2n) is 6.77. The summed E-state index contributed by atoms with van der Waals surface area (Å²) in [6.07, 6.45) is 2.96. The molecule has 0 unspecified atom stereocenters. The molecule has 140 valence electrons. The molecule has 0 radical (unpaired) electrons. The Morgan fingerprint density at radius 3 is 2.70 bits per heavy atom. The van der Waals surface area contributed by atoms with Gasteiger partial charge < -0.3 is 10.1 Å². The fraction of sp³-hybridized carbons (Fsp3) is 0.286. The van der Waals surface area contributed by atoms with Gasteiger partial charge in [-0.2, -0.15) is 0 Å². The summed E-state index contributed by atoms with van der Waals surface area (Å²) in [5.41, 5.74) is 2.80. The number of hydrogen-bond donors (Lipinski definition) is 1. The zero-order chi connectivity index (χ0) is 18.7. The Balaban J connectivity index is 1.50. The van der Waals surface area contributed by atoms with Gasteiger partial charge in [-0.25, -0.2) is 8.42 Å². The first-order valence-corrected chi connectivity index (χ1v) is 10.7. The SMILES string of the molecule is O=S(=O)(c1cccc(NCc2cnc3ccccc3c2)c1)C1CCOCC1. The summed E-state index contributed by atoms with van der Waals surface area (Å²) in [5.74, 6) is 0. The molecule has 0 spiro atoms. The van der Waals surface area contributed by atoms with Gasteiger partial charge in [-0.15, -0.1) is 0 Å². The van der Waals surface area contributed by atoms with Gasteiger partial charge in [0.15, 0.2) is 9.84 Å². The minimum atomic E-state index is -3.33. The number of para-hydroxylation sites is 1. The zero-order valence-electron chi connectivity index (χ0n) is 15.0. The number of rotatable bonds is 5. The van der Waals surface area contributed by atoms with Crippen LogP contribution in [-0.4, -0.2) is 31.9 Å². The third kappa shape index (κ3) is 3.96. The summed E-state index contributed by atoms with van der Waals surface area (Å²) in [5, 5.41) is 4.05. The molecule has 3 aromatic rings. The molecule has 0 atom stereocenters. The molecule has 1 aliphatic rings. The maximum Gasteiger partial charge on any atom is 0.181 e. The van der Waals surface area contributed by atoms with Gasteiger partial charge in [-0.1, -0.05) is 24.3 Å². The van der Waals surface area contributed by atoms with Gasteiger partial charge in [0.25, 0.3) is 0 Å². The normalized spacial score (nSPS) is 15.7. The van der Waals surface area contributed by atoms with Gasteiger partial charge in [-0.05, 0) is 48.7 Å². The van der Waals surface area contributed by atoms with Crippen LogP contribution >= 0.6 is 0 Å². The summed E-state index contributed by atoms with van der Waals surface area (Å²) >= 11 is 0. The number of benzene rings is 2. The van der Waals surface area contributed by atoms with E-state index in [9.17, 15) is 8.42 Å². The summed E-state index contributed by atoms with van der Waals surface area (Å²) in [7, 11) is -3.33.